The van der Waals surface area contributed by atoms with E-state index in [0.717, 1.165) is 29.4 Å². The number of H-pyrrole nitrogens is 1. The zero-order valence-corrected chi connectivity index (χ0v) is 12.0. The summed E-state index contributed by atoms with van der Waals surface area (Å²) >= 11 is 0. The van der Waals surface area contributed by atoms with E-state index < -0.39 is 10.0 Å². The maximum atomic E-state index is 11.2. The Hall–Kier alpha value is -1.37. The minimum absolute atomic E-state index is 0.116. The Morgan fingerprint density at radius 3 is 2.90 bits per heavy atom. The Morgan fingerprint density at radius 2 is 2.20 bits per heavy atom. The number of aromatic amines is 1. The Balaban J connectivity index is 1.90. The van der Waals surface area contributed by atoms with Gasteiger partial charge in [-0.1, -0.05) is 6.07 Å². The first-order valence-electron chi connectivity index (χ1n) is 6.84. The molecule has 20 heavy (non-hydrogen) atoms. The highest BCUT2D eigenvalue weighted by atomic mass is 32.2. The lowest BCUT2D eigenvalue weighted by molar-refractivity contribution is 0.597. The van der Waals surface area contributed by atoms with Crippen molar-refractivity contribution in [3.8, 4) is 0 Å². The number of primary sulfonamides is 1. The van der Waals surface area contributed by atoms with E-state index in [-0.39, 0.29) is 5.75 Å². The molecule has 0 bridgehead atoms. The van der Waals surface area contributed by atoms with Gasteiger partial charge >= 0.3 is 0 Å². The molecule has 0 spiro atoms. The van der Waals surface area contributed by atoms with Crippen LogP contribution in [0.5, 0.6) is 0 Å². The zero-order valence-electron chi connectivity index (χ0n) is 11.2. The highest BCUT2D eigenvalue weighted by molar-refractivity contribution is 7.88. The Bertz CT molecular complexity index is 715. The van der Waals surface area contributed by atoms with E-state index in [4.69, 9.17) is 5.14 Å². The van der Waals surface area contributed by atoms with Gasteiger partial charge in [-0.15, -0.1) is 0 Å². The first kappa shape index (κ1) is 13.6. The molecule has 1 saturated heterocycles. The van der Waals surface area contributed by atoms with Crippen molar-refractivity contribution in [1.29, 1.82) is 0 Å². The van der Waals surface area contributed by atoms with Gasteiger partial charge in [0.05, 0.1) is 5.75 Å². The second kappa shape index (κ2) is 5.20. The number of benzene rings is 1. The van der Waals surface area contributed by atoms with Crippen LogP contribution in [0, 0.1) is 0 Å². The van der Waals surface area contributed by atoms with E-state index in [1.807, 2.05) is 18.3 Å². The molecule has 5 nitrogen and oxygen atoms in total. The minimum atomic E-state index is -3.49. The van der Waals surface area contributed by atoms with Crippen molar-refractivity contribution in [2.45, 2.75) is 31.1 Å². The average molecular weight is 293 g/mol. The van der Waals surface area contributed by atoms with E-state index in [9.17, 15) is 8.42 Å². The molecular weight excluding hydrogens is 274 g/mol. The molecule has 2 aromatic rings. The summed E-state index contributed by atoms with van der Waals surface area (Å²) in [6.45, 7) is 1.09. The number of aromatic nitrogens is 1. The fourth-order valence-corrected chi connectivity index (χ4v) is 3.56. The summed E-state index contributed by atoms with van der Waals surface area (Å²) in [6.07, 6.45) is 5.41. The van der Waals surface area contributed by atoms with Crippen molar-refractivity contribution in [1.82, 2.24) is 10.3 Å². The third-order valence-corrected chi connectivity index (χ3v) is 4.56. The summed E-state index contributed by atoms with van der Waals surface area (Å²) in [6, 6.07) is 6.18. The molecule has 1 aromatic carbocycles. The summed E-state index contributed by atoms with van der Waals surface area (Å²) in [7, 11) is -3.49. The van der Waals surface area contributed by atoms with Gasteiger partial charge in [-0.3, -0.25) is 0 Å². The van der Waals surface area contributed by atoms with Crippen LogP contribution in [0.3, 0.4) is 0 Å². The molecule has 1 aromatic heterocycles. The van der Waals surface area contributed by atoms with Crippen LogP contribution >= 0.6 is 0 Å². The molecular formula is C14H19N3O2S. The van der Waals surface area contributed by atoms with Gasteiger partial charge in [0, 0.05) is 23.1 Å². The topological polar surface area (TPSA) is 88.0 Å². The first-order chi connectivity index (χ1) is 9.51. The molecule has 0 radical (unpaired) electrons. The van der Waals surface area contributed by atoms with Gasteiger partial charge < -0.3 is 10.3 Å². The van der Waals surface area contributed by atoms with Gasteiger partial charge in [-0.25, -0.2) is 13.6 Å². The molecule has 1 fully saturated rings. The van der Waals surface area contributed by atoms with Gasteiger partial charge in [-0.2, -0.15) is 0 Å². The van der Waals surface area contributed by atoms with Crippen molar-refractivity contribution in [2.75, 3.05) is 6.54 Å². The van der Waals surface area contributed by atoms with Crippen LogP contribution in [-0.2, 0) is 22.2 Å². The number of sulfonamides is 1. The van der Waals surface area contributed by atoms with Crippen LogP contribution in [0.25, 0.3) is 10.9 Å². The molecule has 0 amide bonds. The van der Waals surface area contributed by atoms with Crippen molar-refractivity contribution in [3.63, 3.8) is 0 Å². The molecule has 1 aliphatic heterocycles. The zero-order chi connectivity index (χ0) is 14.2. The number of nitrogens with one attached hydrogen (secondary N) is 2. The maximum Gasteiger partial charge on any atom is 0.213 e. The van der Waals surface area contributed by atoms with Gasteiger partial charge in [0.1, 0.15) is 0 Å². The summed E-state index contributed by atoms with van der Waals surface area (Å²) in [4.78, 5) is 3.24. The lowest BCUT2D eigenvalue weighted by atomic mass is 10.0. The van der Waals surface area contributed by atoms with Crippen molar-refractivity contribution < 1.29 is 8.42 Å². The van der Waals surface area contributed by atoms with Crippen LogP contribution < -0.4 is 10.5 Å². The molecule has 6 heteroatoms. The molecule has 3 rings (SSSR count). The smallest absolute Gasteiger partial charge is 0.213 e. The monoisotopic (exact) mass is 293 g/mol. The third-order valence-electron chi connectivity index (χ3n) is 3.83. The number of nitrogens with two attached hydrogens (primary N) is 1. The first-order valence-corrected chi connectivity index (χ1v) is 8.55. The Labute approximate surface area is 118 Å². The summed E-state index contributed by atoms with van der Waals surface area (Å²) in [5.74, 6) is -0.116. The highest BCUT2D eigenvalue weighted by Crippen LogP contribution is 2.23. The van der Waals surface area contributed by atoms with Gasteiger partial charge in [-0.05, 0) is 49.1 Å². The molecule has 4 N–H and O–H groups in total. The minimum Gasteiger partial charge on any atom is -0.361 e. The van der Waals surface area contributed by atoms with Crippen molar-refractivity contribution in [2.24, 2.45) is 5.14 Å². The van der Waals surface area contributed by atoms with Crippen molar-refractivity contribution in [3.05, 3.63) is 35.5 Å². The molecule has 0 aliphatic carbocycles. The summed E-state index contributed by atoms with van der Waals surface area (Å²) < 4.78 is 22.4. The van der Waals surface area contributed by atoms with Crippen molar-refractivity contribution >= 4 is 20.9 Å². The van der Waals surface area contributed by atoms with E-state index in [1.165, 1.54) is 18.4 Å². The Morgan fingerprint density at radius 1 is 1.35 bits per heavy atom. The van der Waals surface area contributed by atoms with Crippen LogP contribution in [0.1, 0.15) is 24.0 Å². The standard InChI is InChI=1S/C14H19N3O2S/c15-20(18,19)9-10-3-4-14-13(6-10)11(8-17-14)7-12-2-1-5-16-12/h3-4,6,8,12,16-17H,1-2,5,7,9H2,(H2,15,18,19)/t12-/m1/s1. The van der Waals surface area contributed by atoms with E-state index in [2.05, 4.69) is 10.3 Å². The second-order valence-electron chi connectivity index (χ2n) is 5.50. The van der Waals surface area contributed by atoms with Crippen LogP contribution in [0.4, 0.5) is 0 Å². The number of hydrogen-bond acceptors (Lipinski definition) is 3. The fraction of sp³-hybridized carbons (Fsp3) is 0.429. The summed E-state index contributed by atoms with van der Waals surface area (Å²) in [5, 5.41) is 9.69. The average Bonchev–Trinajstić information content (AvgIpc) is 2.98. The summed E-state index contributed by atoms with van der Waals surface area (Å²) in [5.41, 5.74) is 3.01. The quantitative estimate of drug-likeness (QED) is 0.792. The second-order valence-corrected chi connectivity index (χ2v) is 7.11. The highest BCUT2D eigenvalue weighted by Gasteiger charge is 2.16. The normalized spacial score (nSPS) is 19.8. The lowest BCUT2D eigenvalue weighted by Gasteiger charge is -2.09. The fourth-order valence-electron chi connectivity index (χ4n) is 2.91. The molecule has 1 atom stereocenters. The van der Waals surface area contributed by atoms with E-state index >= 15 is 0 Å². The SMILES string of the molecule is NS(=O)(=O)Cc1ccc2[nH]cc(C[C@H]3CCCN3)c2c1. The van der Waals surface area contributed by atoms with Crippen LogP contribution in [0.2, 0.25) is 0 Å². The molecule has 2 heterocycles. The van der Waals surface area contributed by atoms with E-state index in [0.29, 0.717) is 6.04 Å². The predicted octanol–water partition coefficient (Wildman–Crippen LogP) is 1.25. The number of fused-ring (bicyclic) bond motifs is 1. The number of rotatable bonds is 4. The largest absolute Gasteiger partial charge is 0.361 e. The Kier molecular flexibility index (Phi) is 3.54. The molecule has 0 saturated carbocycles. The lowest BCUT2D eigenvalue weighted by Crippen LogP contribution is -2.23. The van der Waals surface area contributed by atoms with Gasteiger partial charge in [0.25, 0.3) is 0 Å². The van der Waals surface area contributed by atoms with Crippen LogP contribution in [0.15, 0.2) is 24.4 Å². The predicted molar refractivity (Wildman–Crippen MR) is 79.8 cm³/mol. The van der Waals surface area contributed by atoms with E-state index in [1.54, 1.807) is 6.07 Å². The molecule has 108 valence electrons. The molecule has 1 aliphatic rings. The maximum absolute atomic E-state index is 11.2. The van der Waals surface area contributed by atoms with Gasteiger partial charge in [0.2, 0.25) is 10.0 Å². The van der Waals surface area contributed by atoms with Gasteiger partial charge in [0.15, 0.2) is 0 Å². The molecule has 0 unspecified atom stereocenters. The van der Waals surface area contributed by atoms with Crippen LogP contribution in [-0.4, -0.2) is 26.0 Å². The third kappa shape index (κ3) is 3.03. The number of hydrogen-bond donors (Lipinski definition) is 3.